The van der Waals surface area contributed by atoms with Gasteiger partial charge in [0, 0.05) is 0 Å². The normalized spacial score (nSPS) is 11.8. The number of nitrogens with zero attached hydrogens (tertiary/aromatic N) is 1. The predicted octanol–water partition coefficient (Wildman–Crippen LogP) is 7.11. The van der Waals surface area contributed by atoms with Crippen molar-refractivity contribution >= 4 is 10.1 Å². The molecule has 0 spiro atoms. The number of quaternary nitrogens is 1. The van der Waals surface area contributed by atoms with Gasteiger partial charge in [-0.05, 0) is 50.7 Å². The van der Waals surface area contributed by atoms with Gasteiger partial charge in [-0.2, -0.15) is 8.42 Å². The molecule has 0 radical (unpaired) electrons. The maximum Gasteiger partial charge on any atom is 0.294 e. The summed E-state index contributed by atoms with van der Waals surface area (Å²) in [5.41, 5.74) is 0. The highest BCUT2D eigenvalue weighted by molar-refractivity contribution is 7.85. The fourth-order valence-electron chi connectivity index (χ4n) is 3.69. The van der Waals surface area contributed by atoms with E-state index in [9.17, 15) is 8.42 Å². The van der Waals surface area contributed by atoms with Crippen LogP contribution in [0.1, 0.15) is 97.8 Å². The SMILES string of the molecule is CCCCCC[N+](C)(CCCCCC)CCCCCC.O=S(=O)(O)c1ccccc1. The minimum absolute atomic E-state index is 0.0741. The van der Waals surface area contributed by atoms with Crippen LogP contribution in [0, 0.1) is 0 Å². The van der Waals surface area contributed by atoms with Gasteiger partial charge < -0.3 is 4.48 Å². The smallest absolute Gasteiger partial charge is 0.294 e. The Morgan fingerprint density at radius 1 is 0.667 bits per heavy atom. The Balaban J connectivity index is 0.000000696. The molecule has 0 fully saturated rings. The molecular formula is C25H48NO3S+. The van der Waals surface area contributed by atoms with E-state index >= 15 is 0 Å². The summed E-state index contributed by atoms with van der Waals surface area (Å²) in [6, 6.07) is 7.42. The molecule has 5 heteroatoms. The van der Waals surface area contributed by atoms with E-state index in [0.29, 0.717) is 0 Å². The molecule has 0 aliphatic carbocycles. The van der Waals surface area contributed by atoms with Crippen molar-refractivity contribution in [3.8, 4) is 0 Å². The molecule has 0 saturated carbocycles. The van der Waals surface area contributed by atoms with Crippen LogP contribution in [0.5, 0.6) is 0 Å². The Kier molecular flexibility index (Phi) is 17.2. The van der Waals surface area contributed by atoms with Gasteiger partial charge in [0.1, 0.15) is 0 Å². The van der Waals surface area contributed by atoms with Crippen molar-refractivity contribution in [2.45, 2.75) is 103 Å². The zero-order chi connectivity index (χ0) is 22.7. The van der Waals surface area contributed by atoms with E-state index in [-0.39, 0.29) is 4.90 Å². The third-order valence-electron chi connectivity index (χ3n) is 5.70. The quantitative estimate of drug-likeness (QED) is 0.169. The van der Waals surface area contributed by atoms with Crippen molar-refractivity contribution in [3.05, 3.63) is 30.3 Å². The molecule has 176 valence electrons. The van der Waals surface area contributed by atoms with Crippen LogP contribution in [0.3, 0.4) is 0 Å². The van der Waals surface area contributed by atoms with Crippen LogP contribution in [0.25, 0.3) is 0 Å². The van der Waals surface area contributed by atoms with E-state index in [1.54, 1.807) is 18.2 Å². The molecule has 0 bridgehead atoms. The molecule has 30 heavy (non-hydrogen) atoms. The largest absolute Gasteiger partial charge is 0.326 e. The van der Waals surface area contributed by atoms with Crippen molar-refractivity contribution < 1.29 is 17.5 Å². The Labute approximate surface area is 187 Å². The fourth-order valence-corrected chi connectivity index (χ4v) is 4.19. The second kappa shape index (κ2) is 17.7. The lowest BCUT2D eigenvalue weighted by Gasteiger charge is -2.35. The number of hydrogen-bond acceptors (Lipinski definition) is 2. The minimum Gasteiger partial charge on any atom is -0.326 e. The topological polar surface area (TPSA) is 54.4 Å². The van der Waals surface area contributed by atoms with Crippen LogP contribution in [0.15, 0.2) is 35.2 Å². The monoisotopic (exact) mass is 442 g/mol. The summed E-state index contributed by atoms with van der Waals surface area (Å²) < 4.78 is 30.6. The number of hydrogen-bond donors (Lipinski definition) is 1. The molecule has 0 heterocycles. The second-order valence-electron chi connectivity index (χ2n) is 8.76. The summed E-state index contributed by atoms with van der Waals surface area (Å²) in [5.74, 6) is 0. The van der Waals surface area contributed by atoms with E-state index < -0.39 is 10.1 Å². The van der Waals surface area contributed by atoms with Gasteiger partial charge in [0.05, 0.1) is 31.6 Å². The van der Waals surface area contributed by atoms with Crippen LogP contribution in [0.4, 0.5) is 0 Å². The number of unbranched alkanes of at least 4 members (excludes halogenated alkanes) is 9. The molecule has 4 nitrogen and oxygen atoms in total. The highest BCUT2D eigenvalue weighted by Gasteiger charge is 2.19. The molecule has 0 aromatic heterocycles. The van der Waals surface area contributed by atoms with Gasteiger partial charge in [-0.1, -0.05) is 77.5 Å². The molecule has 0 unspecified atom stereocenters. The van der Waals surface area contributed by atoms with Crippen LogP contribution < -0.4 is 0 Å². The third kappa shape index (κ3) is 15.9. The lowest BCUT2D eigenvalue weighted by Crippen LogP contribution is -2.46. The summed E-state index contributed by atoms with van der Waals surface area (Å²) in [4.78, 5) is -0.0741. The zero-order valence-electron chi connectivity index (χ0n) is 20.1. The Morgan fingerprint density at radius 2 is 1.03 bits per heavy atom. The Bertz CT molecular complexity index is 571. The van der Waals surface area contributed by atoms with Crippen molar-refractivity contribution in [1.29, 1.82) is 0 Å². The van der Waals surface area contributed by atoms with Gasteiger partial charge in [0.15, 0.2) is 0 Å². The lowest BCUT2D eigenvalue weighted by atomic mass is 10.1. The van der Waals surface area contributed by atoms with E-state index in [1.807, 2.05) is 0 Å². The summed E-state index contributed by atoms with van der Waals surface area (Å²) >= 11 is 0. The highest BCUT2D eigenvalue weighted by atomic mass is 32.2. The van der Waals surface area contributed by atoms with Crippen molar-refractivity contribution in [2.75, 3.05) is 26.7 Å². The van der Waals surface area contributed by atoms with Gasteiger partial charge in [-0.3, -0.25) is 4.55 Å². The molecule has 1 aromatic carbocycles. The van der Waals surface area contributed by atoms with E-state index in [2.05, 4.69) is 27.8 Å². The fraction of sp³-hybridized carbons (Fsp3) is 0.760. The standard InChI is InChI=1S/C19H42N.C6H6O3S/c1-5-8-11-14-17-20(4,18-15-12-9-6-2)19-16-13-10-7-3;7-10(8,9)6-4-2-1-3-5-6/h5-19H2,1-4H3;1-5H,(H,7,8,9)/q+1;. The van der Waals surface area contributed by atoms with Crippen LogP contribution in [-0.4, -0.2) is 44.1 Å². The molecule has 1 aromatic rings. The van der Waals surface area contributed by atoms with E-state index in [0.717, 1.165) is 0 Å². The highest BCUT2D eigenvalue weighted by Crippen LogP contribution is 2.14. The minimum atomic E-state index is -4.00. The maximum absolute atomic E-state index is 10.4. The molecule has 1 rings (SSSR count). The molecular weight excluding hydrogens is 394 g/mol. The third-order valence-corrected chi connectivity index (χ3v) is 6.56. The van der Waals surface area contributed by atoms with Crippen LogP contribution in [0.2, 0.25) is 0 Å². The predicted molar refractivity (Wildman–Crippen MR) is 129 cm³/mol. The van der Waals surface area contributed by atoms with Crippen LogP contribution >= 0.6 is 0 Å². The summed E-state index contributed by atoms with van der Waals surface area (Å²) in [6.07, 6.45) is 17.0. The van der Waals surface area contributed by atoms with Crippen LogP contribution in [-0.2, 0) is 10.1 Å². The molecule has 0 aliphatic heterocycles. The van der Waals surface area contributed by atoms with Gasteiger partial charge >= 0.3 is 0 Å². The lowest BCUT2D eigenvalue weighted by molar-refractivity contribution is -0.910. The van der Waals surface area contributed by atoms with Gasteiger partial charge in [-0.25, -0.2) is 0 Å². The Hall–Kier alpha value is -0.910. The summed E-state index contributed by atoms with van der Waals surface area (Å²) in [6.45, 7) is 11.2. The van der Waals surface area contributed by atoms with E-state index in [1.165, 1.54) is 113 Å². The first-order valence-corrected chi connectivity index (χ1v) is 13.6. The number of rotatable bonds is 16. The van der Waals surface area contributed by atoms with Gasteiger partial charge in [0.25, 0.3) is 10.1 Å². The molecule has 0 atom stereocenters. The Morgan fingerprint density at radius 3 is 1.30 bits per heavy atom. The first kappa shape index (κ1) is 29.1. The summed E-state index contributed by atoms with van der Waals surface area (Å²) in [5, 5.41) is 0. The second-order valence-corrected chi connectivity index (χ2v) is 10.2. The molecule has 0 amide bonds. The van der Waals surface area contributed by atoms with Crippen molar-refractivity contribution in [1.82, 2.24) is 0 Å². The molecule has 0 saturated heterocycles. The average Bonchev–Trinajstić information content (AvgIpc) is 2.73. The van der Waals surface area contributed by atoms with Gasteiger partial charge in [-0.15, -0.1) is 0 Å². The zero-order valence-corrected chi connectivity index (χ0v) is 20.9. The van der Waals surface area contributed by atoms with Gasteiger partial charge in [0.2, 0.25) is 0 Å². The first-order chi connectivity index (χ1) is 14.3. The van der Waals surface area contributed by atoms with E-state index in [4.69, 9.17) is 4.55 Å². The average molecular weight is 443 g/mol. The van der Waals surface area contributed by atoms with Crippen molar-refractivity contribution in [2.24, 2.45) is 0 Å². The molecule has 1 N–H and O–H groups in total. The molecule has 0 aliphatic rings. The number of benzene rings is 1. The first-order valence-electron chi connectivity index (χ1n) is 12.1. The maximum atomic E-state index is 10.4. The summed E-state index contributed by atoms with van der Waals surface area (Å²) in [7, 11) is -1.49. The van der Waals surface area contributed by atoms with Crippen molar-refractivity contribution in [3.63, 3.8) is 0 Å².